The SMILES string of the molecule is CC1SC(C(=O)N2CCC(CCCCNC(=O)c3cc4ccncc4s3)CC2)C(C)N1C1CCCCC1. The van der Waals surface area contributed by atoms with E-state index in [2.05, 4.69) is 33.9 Å². The first-order chi connectivity index (χ1) is 18.0. The summed E-state index contributed by atoms with van der Waals surface area (Å²) in [6.45, 7) is 7.12. The van der Waals surface area contributed by atoms with E-state index in [0.29, 0.717) is 29.3 Å². The molecule has 3 unspecified atom stereocenters. The van der Waals surface area contributed by atoms with E-state index < -0.39 is 0 Å². The van der Waals surface area contributed by atoms with Crippen LogP contribution in [0.15, 0.2) is 24.5 Å². The van der Waals surface area contributed by atoms with E-state index in [1.54, 1.807) is 6.20 Å². The normalized spacial score (nSPS) is 26.1. The number of carbonyl (C=O) groups excluding carboxylic acids is 2. The molecule has 2 aromatic rings. The Hall–Kier alpha value is -1.64. The number of piperidine rings is 1. The number of fused-ring (bicyclic) bond motifs is 1. The molecule has 37 heavy (non-hydrogen) atoms. The molecule has 6 nitrogen and oxygen atoms in total. The largest absolute Gasteiger partial charge is 0.351 e. The third kappa shape index (κ3) is 6.34. The molecule has 2 aliphatic heterocycles. The molecule has 2 saturated heterocycles. The van der Waals surface area contributed by atoms with Crippen LogP contribution in [0.4, 0.5) is 0 Å². The Labute approximate surface area is 229 Å². The molecular formula is C29H42N4O2S2. The number of rotatable bonds is 8. The topological polar surface area (TPSA) is 65.5 Å². The molecule has 3 atom stereocenters. The number of carbonyl (C=O) groups is 2. The second kappa shape index (κ2) is 12.5. The molecule has 1 aliphatic carbocycles. The minimum atomic E-state index is 0.0170. The van der Waals surface area contributed by atoms with Gasteiger partial charge in [-0.3, -0.25) is 19.5 Å². The van der Waals surface area contributed by atoms with Crippen molar-refractivity contribution in [2.24, 2.45) is 5.92 Å². The number of unbranched alkanes of at least 4 members (excludes halogenated alkanes) is 1. The van der Waals surface area contributed by atoms with Gasteiger partial charge in [0.15, 0.2) is 0 Å². The number of pyridine rings is 1. The Morgan fingerprint density at radius 3 is 2.62 bits per heavy atom. The van der Waals surface area contributed by atoms with Crippen LogP contribution < -0.4 is 5.32 Å². The van der Waals surface area contributed by atoms with E-state index in [1.165, 1.54) is 49.9 Å². The van der Waals surface area contributed by atoms with Gasteiger partial charge in [0.25, 0.3) is 5.91 Å². The molecule has 0 spiro atoms. The van der Waals surface area contributed by atoms with Crippen molar-refractivity contribution < 1.29 is 9.59 Å². The predicted octanol–water partition coefficient (Wildman–Crippen LogP) is 5.92. The summed E-state index contributed by atoms with van der Waals surface area (Å²) in [7, 11) is 0. The maximum absolute atomic E-state index is 13.5. The Kier molecular flexibility index (Phi) is 9.09. The predicted molar refractivity (Wildman–Crippen MR) is 154 cm³/mol. The molecule has 3 fully saturated rings. The van der Waals surface area contributed by atoms with Crippen LogP contribution in [0.2, 0.25) is 0 Å². The van der Waals surface area contributed by atoms with Crippen molar-refractivity contribution in [2.75, 3.05) is 19.6 Å². The number of hydrogen-bond donors (Lipinski definition) is 1. The van der Waals surface area contributed by atoms with Gasteiger partial charge in [0.05, 0.1) is 15.0 Å². The van der Waals surface area contributed by atoms with Gasteiger partial charge in [-0.05, 0) is 69.4 Å². The first-order valence-electron chi connectivity index (χ1n) is 14.3. The summed E-state index contributed by atoms with van der Waals surface area (Å²) in [4.78, 5) is 35.6. The Balaban J connectivity index is 0.996. The third-order valence-corrected chi connectivity index (χ3v) is 11.3. The van der Waals surface area contributed by atoms with Gasteiger partial charge in [0.1, 0.15) is 5.25 Å². The zero-order chi connectivity index (χ0) is 25.8. The Morgan fingerprint density at radius 1 is 1.08 bits per heavy atom. The fourth-order valence-corrected chi connectivity index (χ4v) is 9.13. The van der Waals surface area contributed by atoms with Gasteiger partial charge in [0.2, 0.25) is 5.91 Å². The minimum Gasteiger partial charge on any atom is -0.351 e. The van der Waals surface area contributed by atoms with Crippen LogP contribution in [0, 0.1) is 5.92 Å². The van der Waals surface area contributed by atoms with Crippen LogP contribution in [0.3, 0.4) is 0 Å². The molecule has 2 amide bonds. The first kappa shape index (κ1) is 26.9. The molecule has 0 bridgehead atoms. The number of hydrogen-bond acceptors (Lipinski definition) is 6. The van der Waals surface area contributed by atoms with Crippen molar-refractivity contribution in [3.8, 4) is 0 Å². The van der Waals surface area contributed by atoms with E-state index in [9.17, 15) is 9.59 Å². The van der Waals surface area contributed by atoms with E-state index >= 15 is 0 Å². The molecule has 1 N–H and O–H groups in total. The molecule has 202 valence electrons. The lowest BCUT2D eigenvalue weighted by Crippen LogP contribution is -2.49. The molecule has 8 heteroatoms. The summed E-state index contributed by atoms with van der Waals surface area (Å²) in [5.74, 6) is 1.09. The number of amides is 2. The molecule has 5 rings (SSSR count). The summed E-state index contributed by atoms with van der Waals surface area (Å²) in [5, 5.41) is 4.69. The van der Waals surface area contributed by atoms with Crippen molar-refractivity contribution >= 4 is 45.0 Å². The zero-order valence-electron chi connectivity index (χ0n) is 22.4. The number of nitrogens with one attached hydrogen (secondary N) is 1. The molecule has 1 saturated carbocycles. The maximum atomic E-state index is 13.5. The third-order valence-electron chi connectivity index (χ3n) is 8.71. The smallest absolute Gasteiger partial charge is 0.261 e. The Bertz CT molecular complexity index is 1030. The van der Waals surface area contributed by atoms with Crippen LogP contribution in [-0.4, -0.2) is 68.9 Å². The van der Waals surface area contributed by atoms with Gasteiger partial charge < -0.3 is 10.2 Å². The van der Waals surface area contributed by atoms with Gasteiger partial charge in [-0.25, -0.2) is 0 Å². The van der Waals surface area contributed by atoms with E-state index in [1.807, 2.05) is 30.1 Å². The van der Waals surface area contributed by atoms with Crippen molar-refractivity contribution in [1.82, 2.24) is 20.1 Å². The number of aromatic nitrogens is 1. The highest BCUT2D eigenvalue weighted by molar-refractivity contribution is 8.01. The summed E-state index contributed by atoms with van der Waals surface area (Å²) in [6, 6.07) is 4.90. The Morgan fingerprint density at radius 2 is 1.86 bits per heavy atom. The first-order valence-corrected chi connectivity index (χ1v) is 16.1. The van der Waals surface area contributed by atoms with Crippen molar-refractivity contribution in [1.29, 1.82) is 0 Å². The van der Waals surface area contributed by atoms with Crippen molar-refractivity contribution in [3.63, 3.8) is 0 Å². The summed E-state index contributed by atoms with van der Waals surface area (Å²) in [5.41, 5.74) is 0. The summed E-state index contributed by atoms with van der Waals surface area (Å²) >= 11 is 3.40. The fourth-order valence-electron chi connectivity index (χ4n) is 6.62. The maximum Gasteiger partial charge on any atom is 0.261 e. The lowest BCUT2D eigenvalue weighted by Gasteiger charge is -2.38. The average Bonchev–Trinajstić information content (AvgIpc) is 3.49. The average molecular weight is 543 g/mol. The molecule has 0 radical (unpaired) electrons. The summed E-state index contributed by atoms with van der Waals surface area (Å²) in [6.07, 6.45) is 15.8. The lowest BCUT2D eigenvalue weighted by atomic mass is 9.91. The van der Waals surface area contributed by atoms with Crippen LogP contribution in [0.1, 0.15) is 87.7 Å². The van der Waals surface area contributed by atoms with Crippen molar-refractivity contribution in [2.45, 2.75) is 101 Å². The second-order valence-corrected chi connectivity index (χ2v) is 13.7. The van der Waals surface area contributed by atoms with Crippen LogP contribution in [-0.2, 0) is 4.79 Å². The number of thiophene rings is 1. The highest BCUT2D eigenvalue weighted by Crippen LogP contribution is 2.41. The van der Waals surface area contributed by atoms with Crippen LogP contribution in [0.25, 0.3) is 10.1 Å². The van der Waals surface area contributed by atoms with Crippen molar-refractivity contribution in [3.05, 3.63) is 29.4 Å². The lowest BCUT2D eigenvalue weighted by molar-refractivity contribution is -0.133. The highest BCUT2D eigenvalue weighted by Gasteiger charge is 2.45. The molecule has 2 aromatic heterocycles. The van der Waals surface area contributed by atoms with E-state index in [-0.39, 0.29) is 11.2 Å². The highest BCUT2D eigenvalue weighted by atomic mass is 32.2. The van der Waals surface area contributed by atoms with Gasteiger partial charge in [0, 0.05) is 44.1 Å². The number of likely N-dealkylation sites (tertiary alicyclic amines) is 1. The van der Waals surface area contributed by atoms with Gasteiger partial charge >= 0.3 is 0 Å². The fraction of sp³-hybridized carbons (Fsp3) is 0.690. The van der Waals surface area contributed by atoms with Gasteiger partial charge in [-0.2, -0.15) is 0 Å². The van der Waals surface area contributed by atoms with E-state index in [0.717, 1.165) is 60.3 Å². The van der Waals surface area contributed by atoms with E-state index in [4.69, 9.17) is 0 Å². The monoisotopic (exact) mass is 542 g/mol. The summed E-state index contributed by atoms with van der Waals surface area (Å²) < 4.78 is 1.05. The van der Waals surface area contributed by atoms with Crippen LogP contribution in [0.5, 0.6) is 0 Å². The second-order valence-electron chi connectivity index (χ2n) is 11.2. The standard InChI is InChI=1S/C29H42N4O2S2/c1-20-27(36-21(2)33(20)24-9-4-3-5-10-24)29(35)32-16-12-22(13-17-32)8-6-7-14-31-28(34)25-18-23-11-15-30-19-26(23)37-25/h11,15,18-22,24,27H,3-10,12-14,16-17H2,1-2H3,(H,31,34). The number of nitrogens with zero attached hydrogens (tertiary/aromatic N) is 3. The van der Waals surface area contributed by atoms with Gasteiger partial charge in [-0.15, -0.1) is 23.1 Å². The zero-order valence-corrected chi connectivity index (χ0v) is 24.0. The van der Waals surface area contributed by atoms with Gasteiger partial charge in [-0.1, -0.05) is 32.1 Å². The van der Waals surface area contributed by atoms with Crippen LogP contribution >= 0.6 is 23.1 Å². The molecule has 4 heterocycles. The molecule has 3 aliphatic rings. The minimum absolute atomic E-state index is 0.0170. The quantitative estimate of drug-likeness (QED) is 0.420. The number of thioether (sulfide) groups is 1. The molecular weight excluding hydrogens is 500 g/mol. The molecule has 0 aromatic carbocycles.